The van der Waals surface area contributed by atoms with Crippen molar-refractivity contribution in [2.45, 2.75) is 6.92 Å². The lowest BCUT2D eigenvalue weighted by Crippen LogP contribution is -2.46. The quantitative estimate of drug-likeness (QED) is 0.736. The van der Waals surface area contributed by atoms with Gasteiger partial charge in [0.05, 0.1) is 0 Å². The number of aromatic nitrogens is 2. The Hall–Kier alpha value is -3.22. The number of piperazine rings is 1. The molecule has 5 nitrogen and oxygen atoms in total. The average molecular weight is 381 g/mol. The van der Waals surface area contributed by atoms with Gasteiger partial charge in [-0.2, -0.15) is 4.98 Å². The van der Waals surface area contributed by atoms with Crippen LogP contribution in [0.4, 0.5) is 31.9 Å². The average Bonchev–Trinajstić information content (AvgIpc) is 2.71. The minimum Gasteiger partial charge on any atom is -0.368 e. The highest BCUT2D eigenvalue weighted by Crippen LogP contribution is 2.24. The van der Waals surface area contributed by atoms with E-state index in [2.05, 4.69) is 56.3 Å². The van der Waals surface area contributed by atoms with Gasteiger partial charge in [0, 0.05) is 38.1 Å². The molecule has 1 fully saturated rings. The molecule has 1 N–H and O–H groups in total. The summed E-state index contributed by atoms with van der Waals surface area (Å²) in [5.41, 5.74) is 2.22. The predicted molar refractivity (Wildman–Crippen MR) is 107 cm³/mol. The van der Waals surface area contributed by atoms with Gasteiger partial charge in [0.25, 0.3) is 0 Å². The van der Waals surface area contributed by atoms with Crippen LogP contribution in [0.1, 0.15) is 5.56 Å². The van der Waals surface area contributed by atoms with E-state index in [0.29, 0.717) is 0 Å². The Balaban J connectivity index is 1.45. The van der Waals surface area contributed by atoms with Crippen molar-refractivity contribution in [3.63, 3.8) is 0 Å². The molecule has 0 saturated carbocycles. The zero-order valence-electron chi connectivity index (χ0n) is 15.6. The Morgan fingerprint density at radius 2 is 1.57 bits per heavy atom. The van der Waals surface area contributed by atoms with Crippen LogP contribution in [-0.2, 0) is 0 Å². The molecular weight excluding hydrogens is 360 g/mol. The van der Waals surface area contributed by atoms with Gasteiger partial charge in [-0.3, -0.25) is 0 Å². The minimum absolute atomic E-state index is 0.169. The van der Waals surface area contributed by atoms with Crippen LogP contribution in [-0.4, -0.2) is 36.1 Å². The van der Waals surface area contributed by atoms with Crippen molar-refractivity contribution in [2.75, 3.05) is 41.3 Å². The summed E-state index contributed by atoms with van der Waals surface area (Å²) in [7, 11) is 0. The van der Waals surface area contributed by atoms with Gasteiger partial charge in [0.1, 0.15) is 23.1 Å². The molecule has 1 aromatic heterocycles. The van der Waals surface area contributed by atoms with Gasteiger partial charge in [-0.1, -0.05) is 18.2 Å². The standard InChI is InChI=1S/C21H21F2N5/c1-15-4-2-5-16(14-15)27-10-12-28(13-11-27)19-8-9-24-21(25-19)26-20-17(22)6-3-7-18(20)23/h2-9,14H,10-13H2,1H3,(H,24,25,26). The molecular formula is C21H21F2N5. The van der Waals surface area contributed by atoms with E-state index in [1.807, 2.05) is 6.07 Å². The highest BCUT2D eigenvalue weighted by Gasteiger charge is 2.19. The smallest absolute Gasteiger partial charge is 0.229 e. The van der Waals surface area contributed by atoms with Crippen molar-refractivity contribution in [1.29, 1.82) is 0 Å². The summed E-state index contributed by atoms with van der Waals surface area (Å²) in [6.45, 7) is 5.45. The zero-order valence-corrected chi connectivity index (χ0v) is 15.6. The third-order valence-electron chi connectivity index (χ3n) is 4.81. The van der Waals surface area contributed by atoms with Crippen molar-refractivity contribution in [2.24, 2.45) is 0 Å². The second-order valence-electron chi connectivity index (χ2n) is 6.77. The van der Waals surface area contributed by atoms with Crippen LogP contribution in [0.2, 0.25) is 0 Å². The monoisotopic (exact) mass is 381 g/mol. The fourth-order valence-electron chi connectivity index (χ4n) is 3.33. The number of nitrogens with one attached hydrogen (secondary N) is 1. The molecule has 0 unspecified atom stereocenters. The molecule has 0 radical (unpaired) electrons. The van der Waals surface area contributed by atoms with Crippen molar-refractivity contribution in [3.8, 4) is 0 Å². The number of rotatable bonds is 4. The molecule has 144 valence electrons. The first kappa shape index (κ1) is 18.2. The van der Waals surface area contributed by atoms with Gasteiger partial charge in [0.15, 0.2) is 0 Å². The van der Waals surface area contributed by atoms with Crippen LogP contribution >= 0.6 is 0 Å². The molecule has 4 rings (SSSR count). The van der Waals surface area contributed by atoms with E-state index in [9.17, 15) is 8.78 Å². The molecule has 0 spiro atoms. The highest BCUT2D eigenvalue weighted by atomic mass is 19.1. The molecule has 0 amide bonds. The summed E-state index contributed by atoms with van der Waals surface area (Å²) >= 11 is 0. The summed E-state index contributed by atoms with van der Waals surface area (Å²) in [6, 6.07) is 14.0. The van der Waals surface area contributed by atoms with E-state index in [4.69, 9.17) is 0 Å². The van der Waals surface area contributed by atoms with Gasteiger partial charge >= 0.3 is 0 Å². The van der Waals surface area contributed by atoms with E-state index in [-0.39, 0.29) is 11.6 Å². The minimum atomic E-state index is -0.680. The molecule has 0 atom stereocenters. The van der Waals surface area contributed by atoms with E-state index in [1.165, 1.54) is 29.4 Å². The van der Waals surface area contributed by atoms with Crippen LogP contribution in [0.15, 0.2) is 54.7 Å². The molecule has 0 aliphatic carbocycles. The first-order chi connectivity index (χ1) is 13.6. The second kappa shape index (κ2) is 7.80. The van der Waals surface area contributed by atoms with Crippen molar-refractivity contribution in [1.82, 2.24) is 9.97 Å². The number of benzene rings is 2. The van der Waals surface area contributed by atoms with Gasteiger partial charge < -0.3 is 15.1 Å². The number of anilines is 4. The Morgan fingerprint density at radius 1 is 0.893 bits per heavy atom. The number of halogens is 2. The molecule has 28 heavy (non-hydrogen) atoms. The molecule has 2 heterocycles. The maximum absolute atomic E-state index is 13.8. The number of hydrogen-bond acceptors (Lipinski definition) is 5. The molecule has 1 aliphatic rings. The second-order valence-corrected chi connectivity index (χ2v) is 6.77. The molecule has 7 heteroatoms. The fraction of sp³-hybridized carbons (Fsp3) is 0.238. The summed E-state index contributed by atoms with van der Waals surface area (Å²) in [5.74, 6) is -0.456. The first-order valence-electron chi connectivity index (χ1n) is 9.21. The third-order valence-corrected chi connectivity index (χ3v) is 4.81. The number of hydrogen-bond donors (Lipinski definition) is 1. The van der Waals surface area contributed by atoms with Crippen LogP contribution in [0.5, 0.6) is 0 Å². The van der Waals surface area contributed by atoms with Crippen molar-refractivity contribution >= 4 is 23.1 Å². The first-order valence-corrected chi connectivity index (χ1v) is 9.21. The summed E-state index contributed by atoms with van der Waals surface area (Å²) < 4.78 is 27.7. The molecule has 2 aromatic carbocycles. The third kappa shape index (κ3) is 3.88. The normalized spacial score (nSPS) is 14.2. The fourth-order valence-corrected chi connectivity index (χ4v) is 3.33. The van der Waals surface area contributed by atoms with Gasteiger partial charge in [-0.25, -0.2) is 13.8 Å². The van der Waals surface area contributed by atoms with E-state index in [1.54, 1.807) is 6.20 Å². The van der Waals surface area contributed by atoms with E-state index >= 15 is 0 Å². The summed E-state index contributed by atoms with van der Waals surface area (Å²) in [6.07, 6.45) is 1.59. The number of para-hydroxylation sites is 1. The van der Waals surface area contributed by atoms with E-state index < -0.39 is 11.6 Å². The van der Waals surface area contributed by atoms with Crippen molar-refractivity contribution < 1.29 is 8.78 Å². The van der Waals surface area contributed by atoms with Crippen LogP contribution in [0, 0.1) is 18.6 Å². The molecule has 1 aliphatic heterocycles. The maximum Gasteiger partial charge on any atom is 0.229 e. The van der Waals surface area contributed by atoms with Gasteiger partial charge in [-0.15, -0.1) is 0 Å². The van der Waals surface area contributed by atoms with Crippen LogP contribution < -0.4 is 15.1 Å². The summed E-state index contributed by atoms with van der Waals surface area (Å²) in [4.78, 5) is 13.0. The lowest BCUT2D eigenvalue weighted by atomic mass is 10.2. The summed E-state index contributed by atoms with van der Waals surface area (Å²) in [5, 5.41) is 2.65. The van der Waals surface area contributed by atoms with Crippen LogP contribution in [0.3, 0.4) is 0 Å². The zero-order chi connectivity index (χ0) is 19.5. The largest absolute Gasteiger partial charge is 0.368 e. The molecule has 0 bridgehead atoms. The molecule has 3 aromatic rings. The molecule has 1 saturated heterocycles. The Bertz CT molecular complexity index is 950. The highest BCUT2D eigenvalue weighted by molar-refractivity contribution is 5.57. The van der Waals surface area contributed by atoms with Gasteiger partial charge in [0.2, 0.25) is 5.95 Å². The Morgan fingerprint density at radius 3 is 2.29 bits per heavy atom. The maximum atomic E-state index is 13.8. The lowest BCUT2D eigenvalue weighted by Gasteiger charge is -2.36. The topological polar surface area (TPSA) is 44.3 Å². The van der Waals surface area contributed by atoms with Crippen molar-refractivity contribution in [3.05, 3.63) is 71.9 Å². The van der Waals surface area contributed by atoms with E-state index in [0.717, 1.165) is 32.0 Å². The Kier molecular flexibility index (Phi) is 5.06. The SMILES string of the molecule is Cc1cccc(N2CCN(c3ccnc(Nc4c(F)cccc4F)n3)CC2)c1. The Labute approximate surface area is 162 Å². The lowest BCUT2D eigenvalue weighted by molar-refractivity contribution is 0.590. The van der Waals surface area contributed by atoms with Gasteiger partial charge in [-0.05, 0) is 42.8 Å². The predicted octanol–water partition coefficient (Wildman–Crippen LogP) is 4.13. The number of nitrogens with zero attached hydrogens (tertiary/aromatic N) is 4. The number of aryl methyl sites for hydroxylation is 1. The van der Waals surface area contributed by atoms with Crippen LogP contribution in [0.25, 0.3) is 0 Å².